The molecular weight excluding hydrogens is 166 g/mol. The zero-order valence-corrected chi connectivity index (χ0v) is 7.65. The minimum Gasteiger partial charge on any atom is -0.380 e. The van der Waals surface area contributed by atoms with Crippen LogP contribution in [-0.4, -0.2) is 35.6 Å². The van der Waals surface area contributed by atoms with Gasteiger partial charge in [-0.2, -0.15) is 5.10 Å². The van der Waals surface area contributed by atoms with Crippen molar-refractivity contribution in [3.63, 3.8) is 0 Å². The second-order valence-corrected chi connectivity index (χ2v) is 3.28. The van der Waals surface area contributed by atoms with Gasteiger partial charge in [-0.25, -0.2) is 0 Å². The fourth-order valence-electron chi connectivity index (χ4n) is 1.51. The van der Waals surface area contributed by atoms with E-state index in [1.54, 1.807) is 6.20 Å². The molecule has 1 N–H and O–H groups in total. The van der Waals surface area contributed by atoms with Gasteiger partial charge in [0.2, 0.25) is 0 Å². The van der Waals surface area contributed by atoms with E-state index in [-0.39, 0.29) is 0 Å². The third kappa shape index (κ3) is 2.54. The first-order chi connectivity index (χ1) is 6.45. The molecule has 1 aliphatic heterocycles. The zero-order valence-electron chi connectivity index (χ0n) is 7.65. The van der Waals surface area contributed by atoms with E-state index >= 15 is 0 Å². The van der Waals surface area contributed by atoms with Crippen molar-refractivity contribution >= 4 is 0 Å². The maximum Gasteiger partial charge on any atom is 0.0620 e. The fraction of sp³-hybridized carbons (Fsp3) is 0.667. The summed E-state index contributed by atoms with van der Waals surface area (Å²) in [5, 5.41) is 7.56. The predicted molar refractivity (Wildman–Crippen MR) is 49.5 cm³/mol. The molecule has 2 heterocycles. The van der Waals surface area contributed by atoms with Crippen molar-refractivity contribution in [2.45, 2.75) is 19.0 Å². The number of rotatable bonds is 4. The molecule has 0 bridgehead atoms. The van der Waals surface area contributed by atoms with Crippen LogP contribution in [0.25, 0.3) is 0 Å². The molecule has 0 spiro atoms. The maximum absolute atomic E-state index is 5.26. The van der Waals surface area contributed by atoms with Gasteiger partial charge < -0.3 is 10.1 Å². The first kappa shape index (κ1) is 8.72. The lowest BCUT2D eigenvalue weighted by molar-refractivity contribution is 0.190. The minimum absolute atomic E-state index is 0.551. The Labute approximate surface area is 77.9 Å². The first-order valence-corrected chi connectivity index (χ1v) is 4.74. The van der Waals surface area contributed by atoms with E-state index in [0.717, 1.165) is 32.7 Å². The summed E-state index contributed by atoms with van der Waals surface area (Å²) in [6, 6.07) is 2.49. The topological polar surface area (TPSA) is 39.1 Å². The predicted octanol–water partition coefficient (Wildman–Crippen LogP) is 0.262. The SMILES string of the molecule is c1cnn(CCNC2CCOC2)c1. The Morgan fingerprint density at radius 1 is 1.62 bits per heavy atom. The van der Waals surface area contributed by atoms with Crippen LogP contribution in [0.2, 0.25) is 0 Å². The van der Waals surface area contributed by atoms with Crippen LogP contribution in [0, 0.1) is 0 Å². The van der Waals surface area contributed by atoms with Gasteiger partial charge in [-0.15, -0.1) is 0 Å². The zero-order chi connectivity index (χ0) is 8.93. The van der Waals surface area contributed by atoms with Crippen molar-refractivity contribution in [3.8, 4) is 0 Å². The van der Waals surface area contributed by atoms with E-state index in [9.17, 15) is 0 Å². The third-order valence-corrected chi connectivity index (χ3v) is 2.26. The van der Waals surface area contributed by atoms with E-state index in [2.05, 4.69) is 10.4 Å². The van der Waals surface area contributed by atoms with Crippen LogP contribution in [0.5, 0.6) is 0 Å². The van der Waals surface area contributed by atoms with Crippen molar-refractivity contribution in [1.29, 1.82) is 0 Å². The molecular formula is C9H15N3O. The first-order valence-electron chi connectivity index (χ1n) is 4.74. The molecule has 0 amide bonds. The summed E-state index contributed by atoms with van der Waals surface area (Å²) in [4.78, 5) is 0. The van der Waals surface area contributed by atoms with Crippen molar-refractivity contribution in [1.82, 2.24) is 15.1 Å². The lowest BCUT2D eigenvalue weighted by atomic mass is 10.3. The van der Waals surface area contributed by atoms with Crippen LogP contribution in [0.3, 0.4) is 0 Å². The van der Waals surface area contributed by atoms with E-state index < -0.39 is 0 Å². The van der Waals surface area contributed by atoms with Gasteiger partial charge >= 0.3 is 0 Å². The average Bonchev–Trinajstić information content (AvgIpc) is 2.75. The molecule has 1 aromatic rings. The molecule has 13 heavy (non-hydrogen) atoms. The lowest BCUT2D eigenvalue weighted by Crippen LogP contribution is -2.32. The highest BCUT2D eigenvalue weighted by Crippen LogP contribution is 2.02. The molecule has 1 fully saturated rings. The van der Waals surface area contributed by atoms with Crippen LogP contribution >= 0.6 is 0 Å². The number of hydrogen-bond acceptors (Lipinski definition) is 3. The number of hydrogen-bond donors (Lipinski definition) is 1. The Kier molecular flexibility index (Phi) is 2.94. The summed E-state index contributed by atoms with van der Waals surface area (Å²) >= 11 is 0. The molecule has 1 atom stereocenters. The van der Waals surface area contributed by atoms with E-state index in [1.165, 1.54) is 0 Å². The normalized spacial score (nSPS) is 22.3. The largest absolute Gasteiger partial charge is 0.380 e. The highest BCUT2D eigenvalue weighted by molar-refractivity contribution is 4.78. The average molecular weight is 181 g/mol. The monoisotopic (exact) mass is 181 g/mol. The summed E-state index contributed by atoms with van der Waals surface area (Å²) in [5.41, 5.74) is 0. The second-order valence-electron chi connectivity index (χ2n) is 3.28. The lowest BCUT2D eigenvalue weighted by Gasteiger charge is -2.09. The van der Waals surface area contributed by atoms with Crippen LogP contribution in [0.15, 0.2) is 18.5 Å². The van der Waals surface area contributed by atoms with E-state index in [1.807, 2.05) is 16.9 Å². The number of aromatic nitrogens is 2. The van der Waals surface area contributed by atoms with Gasteiger partial charge in [-0.05, 0) is 12.5 Å². The molecule has 0 aliphatic carbocycles. The van der Waals surface area contributed by atoms with Crippen molar-refractivity contribution < 1.29 is 4.74 Å². The van der Waals surface area contributed by atoms with Gasteiger partial charge in [0.25, 0.3) is 0 Å². The molecule has 0 radical (unpaired) electrons. The van der Waals surface area contributed by atoms with Gasteiger partial charge in [-0.3, -0.25) is 4.68 Å². The number of ether oxygens (including phenoxy) is 1. The Hall–Kier alpha value is -0.870. The van der Waals surface area contributed by atoms with Crippen LogP contribution in [-0.2, 0) is 11.3 Å². The van der Waals surface area contributed by atoms with Gasteiger partial charge in [0, 0.05) is 31.6 Å². The summed E-state index contributed by atoms with van der Waals surface area (Å²) in [7, 11) is 0. The number of nitrogens with zero attached hydrogens (tertiary/aromatic N) is 2. The smallest absolute Gasteiger partial charge is 0.0620 e. The fourth-order valence-corrected chi connectivity index (χ4v) is 1.51. The molecule has 4 heteroatoms. The highest BCUT2D eigenvalue weighted by atomic mass is 16.5. The summed E-state index contributed by atoms with van der Waals surface area (Å²) < 4.78 is 7.19. The third-order valence-electron chi connectivity index (χ3n) is 2.26. The van der Waals surface area contributed by atoms with Crippen molar-refractivity contribution in [3.05, 3.63) is 18.5 Å². The second kappa shape index (κ2) is 4.39. The molecule has 0 saturated carbocycles. The van der Waals surface area contributed by atoms with Gasteiger partial charge in [0.05, 0.1) is 13.2 Å². The van der Waals surface area contributed by atoms with Crippen LogP contribution in [0.1, 0.15) is 6.42 Å². The van der Waals surface area contributed by atoms with Gasteiger partial charge in [0.15, 0.2) is 0 Å². The summed E-state index contributed by atoms with van der Waals surface area (Å²) in [6.07, 6.45) is 4.92. The molecule has 72 valence electrons. The van der Waals surface area contributed by atoms with Crippen molar-refractivity contribution in [2.24, 2.45) is 0 Å². The van der Waals surface area contributed by atoms with Crippen molar-refractivity contribution in [2.75, 3.05) is 19.8 Å². The van der Waals surface area contributed by atoms with Crippen LogP contribution < -0.4 is 5.32 Å². The van der Waals surface area contributed by atoms with Gasteiger partial charge in [0.1, 0.15) is 0 Å². The molecule has 1 unspecified atom stereocenters. The highest BCUT2D eigenvalue weighted by Gasteiger charge is 2.13. The molecule has 2 rings (SSSR count). The molecule has 1 aromatic heterocycles. The standard InChI is InChI=1S/C9H15N3O/c1-3-11-12(5-1)6-4-10-9-2-7-13-8-9/h1,3,5,9-10H,2,4,6-8H2. The molecule has 1 saturated heterocycles. The summed E-state index contributed by atoms with van der Waals surface area (Å²) in [6.45, 7) is 3.66. The molecule has 4 nitrogen and oxygen atoms in total. The van der Waals surface area contributed by atoms with E-state index in [0.29, 0.717) is 6.04 Å². The Morgan fingerprint density at radius 2 is 2.62 bits per heavy atom. The number of nitrogens with one attached hydrogen (secondary N) is 1. The van der Waals surface area contributed by atoms with E-state index in [4.69, 9.17) is 4.74 Å². The minimum atomic E-state index is 0.551. The maximum atomic E-state index is 5.26. The Morgan fingerprint density at radius 3 is 3.31 bits per heavy atom. The Balaban J connectivity index is 1.63. The quantitative estimate of drug-likeness (QED) is 0.724. The van der Waals surface area contributed by atoms with Crippen LogP contribution in [0.4, 0.5) is 0 Å². The molecule has 0 aromatic carbocycles. The molecule has 1 aliphatic rings. The summed E-state index contributed by atoms with van der Waals surface area (Å²) in [5.74, 6) is 0. The Bertz CT molecular complexity index is 229. The van der Waals surface area contributed by atoms with Gasteiger partial charge in [-0.1, -0.05) is 0 Å².